The van der Waals surface area contributed by atoms with Gasteiger partial charge in [0.05, 0.1) is 0 Å². The standard InChI is InChI=1S/C13H21N3/c1-10(2)12-7-8-14-13(15-12)16-9-5-4-6-11(16)3/h7-8,10-11H,4-6,9H2,1-3H3/t11-/m1/s1. The molecule has 16 heavy (non-hydrogen) atoms. The highest BCUT2D eigenvalue weighted by Crippen LogP contribution is 2.22. The van der Waals surface area contributed by atoms with Crippen molar-refractivity contribution in [3.63, 3.8) is 0 Å². The molecule has 88 valence electrons. The third kappa shape index (κ3) is 2.34. The number of aromatic nitrogens is 2. The van der Waals surface area contributed by atoms with Crippen molar-refractivity contribution in [1.29, 1.82) is 0 Å². The minimum absolute atomic E-state index is 0.474. The highest BCUT2D eigenvalue weighted by Gasteiger charge is 2.20. The van der Waals surface area contributed by atoms with Crippen molar-refractivity contribution >= 4 is 5.95 Å². The van der Waals surface area contributed by atoms with Crippen LogP contribution in [-0.4, -0.2) is 22.6 Å². The van der Waals surface area contributed by atoms with E-state index in [1.165, 1.54) is 19.3 Å². The third-order valence-corrected chi connectivity index (χ3v) is 3.32. The van der Waals surface area contributed by atoms with Gasteiger partial charge in [-0.15, -0.1) is 0 Å². The third-order valence-electron chi connectivity index (χ3n) is 3.32. The summed E-state index contributed by atoms with van der Waals surface area (Å²) in [5, 5.41) is 0. The maximum absolute atomic E-state index is 4.66. The van der Waals surface area contributed by atoms with E-state index in [0.29, 0.717) is 12.0 Å². The lowest BCUT2D eigenvalue weighted by Gasteiger charge is -2.33. The van der Waals surface area contributed by atoms with Crippen LogP contribution in [-0.2, 0) is 0 Å². The van der Waals surface area contributed by atoms with Crippen molar-refractivity contribution in [2.45, 2.75) is 52.0 Å². The molecule has 0 aliphatic carbocycles. The molecule has 0 spiro atoms. The molecule has 1 fully saturated rings. The Labute approximate surface area is 97.9 Å². The van der Waals surface area contributed by atoms with Gasteiger partial charge in [-0.1, -0.05) is 13.8 Å². The van der Waals surface area contributed by atoms with Crippen LogP contribution in [0.3, 0.4) is 0 Å². The Hall–Kier alpha value is -1.12. The highest BCUT2D eigenvalue weighted by atomic mass is 15.3. The summed E-state index contributed by atoms with van der Waals surface area (Å²) in [4.78, 5) is 11.4. The van der Waals surface area contributed by atoms with E-state index in [4.69, 9.17) is 0 Å². The van der Waals surface area contributed by atoms with Gasteiger partial charge in [-0.3, -0.25) is 0 Å². The predicted molar refractivity (Wildman–Crippen MR) is 66.8 cm³/mol. The SMILES string of the molecule is CC(C)c1ccnc(N2CCCC[C@H]2C)n1. The van der Waals surface area contributed by atoms with E-state index in [-0.39, 0.29) is 0 Å². The first kappa shape index (κ1) is 11.4. The van der Waals surface area contributed by atoms with Crippen molar-refractivity contribution in [2.24, 2.45) is 0 Å². The number of piperidine rings is 1. The molecular weight excluding hydrogens is 198 g/mol. The maximum atomic E-state index is 4.66. The van der Waals surface area contributed by atoms with Crippen molar-refractivity contribution in [3.05, 3.63) is 18.0 Å². The quantitative estimate of drug-likeness (QED) is 0.765. The first-order valence-electron chi connectivity index (χ1n) is 6.28. The van der Waals surface area contributed by atoms with Crippen LogP contribution in [0.1, 0.15) is 51.6 Å². The van der Waals surface area contributed by atoms with Crippen LogP contribution in [0.2, 0.25) is 0 Å². The van der Waals surface area contributed by atoms with E-state index in [1.807, 2.05) is 12.3 Å². The monoisotopic (exact) mass is 219 g/mol. The summed E-state index contributed by atoms with van der Waals surface area (Å²) in [5.41, 5.74) is 1.14. The fourth-order valence-electron chi connectivity index (χ4n) is 2.22. The molecule has 0 amide bonds. The summed E-state index contributed by atoms with van der Waals surface area (Å²) in [7, 11) is 0. The van der Waals surface area contributed by atoms with Crippen LogP contribution in [0.5, 0.6) is 0 Å². The fraction of sp³-hybridized carbons (Fsp3) is 0.692. The number of hydrogen-bond acceptors (Lipinski definition) is 3. The minimum Gasteiger partial charge on any atom is -0.338 e. The average molecular weight is 219 g/mol. The van der Waals surface area contributed by atoms with Crippen molar-refractivity contribution in [2.75, 3.05) is 11.4 Å². The van der Waals surface area contributed by atoms with Crippen molar-refractivity contribution < 1.29 is 0 Å². The topological polar surface area (TPSA) is 29.0 Å². The number of hydrogen-bond donors (Lipinski definition) is 0. The molecule has 2 heterocycles. The zero-order valence-electron chi connectivity index (χ0n) is 10.5. The van der Waals surface area contributed by atoms with E-state index in [0.717, 1.165) is 18.2 Å². The molecule has 1 aromatic heterocycles. The first-order valence-corrected chi connectivity index (χ1v) is 6.28. The second-order valence-corrected chi connectivity index (χ2v) is 4.97. The first-order chi connectivity index (χ1) is 7.68. The van der Waals surface area contributed by atoms with Gasteiger partial charge in [-0.25, -0.2) is 9.97 Å². The van der Waals surface area contributed by atoms with Crippen LogP contribution in [0, 0.1) is 0 Å². The van der Waals surface area contributed by atoms with Crippen LogP contribution in [0.25, 0.3) is 0 Å². The van der Waals surface area contributed by atoms with Gasteiger partial charge in [0.15, 0.2) is 0 Å². The molecule has 3 nitrogen and oxygen atoms in total. The minimum atomic E-state index is 0.474. The number of nitrogens with zero attached hydrogens (tertiary/aromatic N) is 3. The van der Waals surface area contributed by atoms with Gasteiger partial charge in [0.25, 0.3) is 0 Å². The molecule has 0 unspecified atom stereocenters. The summed E-state index contributed by atoms with van der Waals surface area (Å²) in [5.74, 6) is 1.39. The maximum Gasteiger partial charge on any atom is 0.225 e. The van der Waals surface area contributed by atoms with Gasteiger partial charge in [0, 0.05) is 24.5 Å². The molecule has 1 aromatic rings. The number of rotatable bonds is 2. The van der Waals surface area contributed by atoms with Crippen LogP contribution in [0.4, 0.5) is 5.95 Å². The summed E-state index contributed by atoms with van der Waals surface area (Å²) in [6, 6.07) is 2.60. The van der Waals surface area contributed by atoms with Crippen molar-refractivity contribution in [1.82, 2.24) is 9.97 Å². The molecule has 0 bridgehead atoms. The predicted octanol–water partition coefficient (Wildman–Crippen LogP) is 2.98. The molecule has 1 aliphatic rings. The zero-order valence-corrected chi connectivity index (χ0v) is 10.5. The Kier molecular flexibility index (Phi) is 3.42. The van der Waals surface area contributed by atoms with E-state index in [9.17, 15) is 0 Å². The summed E-state index contributed by atoms with van der Waals surface area (Å²) in [6.45, 7) is 7.71. The van der Waals surface area contributed by atoms with Crippen LogP contribution >= 0.6 is 0 Å². The van der Waals surface area contributed by atoms with Gasteiger partial charge in [-0.05, 0) is 38.2 Å². The Morgan fingerprint density at radius 3 is 2.88 bits per heavy atom. The number of anilines is 1. The second kappa shape index (κ2) is 4.81. The fourth-order valence-corrected chi connectivity index (χ4v) is 2.22. The lowest BCUT2D eigenvalue weighted by atomic mass is 10.0. The highest BCUT2D eigenvalue weighted by molar-refractivity contribution is 5.33. The van der Waals surface area contributed by atoms with Crippen LogP contribution in [0.15, 0.2) is 12.3 Å². The van der Waals surface area contributed by atoms with E-state index >= 15 is 0 Å². The molecule has 2 rings (SSSR count). The molecule has 1 atom stereocenters. The van der Waals surface area contributed by atoms with Gasteiger partial charge in [-0.2, -0.15) is 0 Å². The summed E-state index contributed by atoms with van der Waals surface area (Å²) >= 11 is 0. The summed E-state index contributed by atoms with van der Waals surface area (Å²) < 4.78 is 0. The molecule has 0 radical (unpaired) electrons. The largest absolute Gasteiger partial charge is 0.338 e. The Morgan fingerprint density at radius 1 is 1.38 bits per heavy atom. The van der Waals surface area contributed by atoms with Crippen LogP contribution < -0.4 is 4.90 Å². The van der Waals surface area contributed by atoms with E-state index in [2.05, 4.69) is 35.6 Å². The van der Waals surface area contributed by atoms with Gasteiger partial charge in [0.2, 0.25) is 5.95 Å². The smallest absolute Gasteiger partial charge is 0.225 e. The van der Waals surface area contributed by atoms with E-state index < -0.39 is 0 Å². The molecule has 0 aromatic carbocycles. The zero-order chi connectivity index (χ0) is 11.5. The normalized spacial score (nSPS) is 21.5. The Balaban J connectivity index is 2.21. The molecule has 1 aliphatic heterocycles. The van der Waals surface area contributed by atoms with Gasteiger partial charge in [0.1, 0.15) is 0 Å². The lowest BCUT2D eigenvalue weighted by Crippen LogP contribution is -2.38. The molecular formula is C13H21N3. The lowest BCUT2D eigenvalue weighted by molar-refractivity contribution is 0.476. The Morgan fingerprint density at radius 2 is 2.19 bits per heavy atom. The van der Waals surface area contributed by atoms with E-state index in [1.54, 1.807) is 0 Å². The molecule has 1 saturated heterocycles. The van der Waals surface area contributed by atoms with Gasteiger partial charge < -0.3 is 4.90 Å². The molecule has 3 heteroatoms. The second-order valence-electron chi connectivity index (χ2n) is 4.97. The molecule has 0 N–H and O–H groups in total. The van der Waals surface area contributed by atoms with Crippen molar-refractivity contribution in [3.8, 4) is 0 Å². The summed E-state index contributed by atoms with van der Waals surface area (Å²) in [6.07, 6.45) is 5.75. The van der Waals surface area contributed by atoms with Gasteiger partial charge >= 0.3 is 0 Å². The molecule has 0 saturated carbocycles. The average Bonchev–Trinajstić information content (AvgIpc) is 2.30. The Bertz CT molecular complexity index is 349.